The van der Waals surface area contributed by atoms with E-state index in [1.807, 2.05) is 24.4 Å². The molecule has 2 N–H and O–H groups in total. The number of rotatable bonds is 6. The molecule has 0 spiro atoms. The van der Waals surface area contributed by atoms with Gasteiger partial charge in [0.1, 0.15) is 0 Å². The number of hydrogen-bond donors (Lipinski definition) is 2. The minimum atomic E-state index is 0.520. The van der Waals surface area contributed by atoms with Crippen molar-refractivity contribution in [3.05, 3.63) is 42.1 Å². The molecule has 0 saturated carbocycles. The molecule has 0 aliphatic heterocycles. The lowest BCUT2D eigenvalue weighted by molar-refractivity contribution is 0.302. The Labute approximate surface area is 114 Å². The summed E-state index contributed by atoms with van der Waals surface area (Å²) < 4.78 is 0. The van der Waals surface area contributed by atoms with Gasteiger partial charge in [0.15, 0.2) is 0 Å². The molecule has 2 aromatic rings. The molecule has 4 heteroatoms. The molecule has 0 amide bonds. The summed E-state index contributed by atoms with van der Waals surface area (Å²) in [6.45, 7) is 4.01. The molecular weight excluding hydrogens is 236 g/mol. The summed E-state index contributed by atoms with van der Waals surface area (Å²) in [6, 6.07) is 10.8. The van der Waals surface area contributed by atoms with Gasteiger partial charge in [-0.1, -0.05) is 30.3 Å². The fraction of sp³-hybridized carbons (Fsp3) is 0.400. The zero-order valence-corrected chi connectivity index (χ0v) is 11.9. The third-order valence-corrected chi connectivity index (χ3v) is 3.42. The summed E-state index contributed by atoms with van der Waals surface area (Å²) in [6.07, 6.45) is 1.90. The summed E-state index contributed by atoms with van der Waals surface area (Å²) >= 11 is 0. The number of hydrogen-bond acceptors (Lipinski definition) is 3. The van der Waals surface area contributed by atoms with E-state index in [0.29, 0.717) is 6.04 Å². The Kier molecular flexibility index (Phi) is 4.71. The molecule has 1 aromatic carbocycles. The SMILES string of the molecule is CC(CNCc1cn[nH]c1-c1ccccc1)N(C)C. The van der Waals surface area contributed by atoms with Crippen LogP contribution in [0.2, 0.25) is 0 Å². The van der Waals surface area contributed by atoms with Gasteiger partial charge in [-0.15, -0.1) is 0 Å². The Hall–Kier alpha value is -1.65. The van der Waals surface area contributed by atoms with Gasteiger partial charge in [-0.3, -0.25) is 5.10 Å². The average molecular weight is 258 g/mol. The van der Waals surface area contributed by atoms with E-state index in [9.17, 15) is 0 Å². The van der Waals surface area contributed by atoms with E-state index < -0.39 is 0 Å². The highest BCUT2D eigenvalue weighted by Crippen LogP contribution is 2.20. The van der Waals surface area contributed by atoms with Crippen molar-refractivity contribution in [3.63, 3.8) is 0 Å². The van der Waals surface area contributed by atoms with Crippen molar-refractivity contribution in [1.82, 2.24) is 20.4 Å². The molecule has 0 fully saturated rings. The normalized spacial score (nSPS) is 12.8. The second-order valence-electron chi connectivity index (χ2n) is 5.08. The predicted octanol–water partition coefficient (Wildman–Crippen LogP) is 2.12. The number of aromatic nitrogens is 2. The highest BCUT2D eigenvalue weighted by atomic mass is 15.1. The van der Waals surface area contributed by atoms with Gasteiger partial charge in [0.05, 0.1) is 11.9 Å². The van der Waals surface area contributed by atoms with Crippen LogP contribution >= 0.6 is 0 Å². The van der Waals surface area contributed by atoms with E-state index in [4.69, 9.17) is 0 Å². The van der Waals surface area contributed by atoms with Crippen LogP contribution in [-0.4, -0.2) is 41.8 Å². The molecule has 0 aliphatic carbocycles. The quantitative estimate of drug-likeness (QED) is 0.834. The third kappa shape index (κ3) is 3.66. The minimum absolute atomic E-state index is 0.520. The Morgan fingerprint density at radius 1 is 1.26 bits per heavy atom. The number of benzene rings is 1. The lowest BCUT2D eigenvalue weighted by Crippen LogP contribution is -2.35. The van der Waals surface area contributed by atoms with E-state index in [2.05, 4.69) is 53.6 Å². The summed E-state index contributed by atoms with van der Waals surface area (Å²) in [4.78, 5) is 2.21. The minimum Gasteiger partial charge on any atom is -0.311 e. The fourth-order valence-corrected chi connectivity index (χ4v) is 1.90. The highest BCUT2D eigenvalue weighted by molar-refractivity contribution is 5.62. The van der Waals surface area contributed by atoms with Gasteiger partial charge < -0.3 is 10.2 Å². The summed E-state index contributed by atoms with van der Waals surface area (Å²) in [5.41, 5.74) is 3.49. The molecule has 0 radical (unpaired) electrons. The first-order valence-corrected chi connectivity index (χ1v) is 6.63. The summed E-state index contributed by atoms with van der Waals surface area (Å²) in [5.74, 6) is 0. The maximum Gasteiger partial charge on any atom is 0.0695 e. The molecule has 1 unspecified atom stereocenters. The molecule has 1 aromatic heterocycles. The zero-order valence-electron chi connectivity index (χ0n) is 11.9. The van der Waals surface area contributed by atoms with E-state index in [1.165, 1.54) is 11.1 Å². The van der Waals surface area contributed by atoms with Crippen molar-refractivity contribution in [2.75, 3.05) is 20.6 Å². The Bertz CT molecular complexity index is 490. The lowest BCUT2D eigenvalue weighted by Gasteiger charge is -2.20. The molecule has 2 rings (SSSR count). The highest BCUT2D eigenvalue weighted by Gasteiger charge is 2.08. The van der Waals surface area contributed by atoms with Crippen molar-refractivity contribution in [3.8, 4) is 11.3 Å². The second kappa shape index (κ2) is 6.50. The molecule has 0 bridgehead atoms. The Morgan fingerprint density at radius 3 is 2.68 bits per heavy atom. The Morgan fingerprint density at radius 2 is 2.00 bits per heavy atom. The van der Waals surface area contributed by atoms with Crippen molar-refractivity contribution in [2.24, 2.45) is 0 Å². The monoisotopic (exact) mass is 258 g/mol. The topological polar surface area (TPSA) is 44.0 Å². The third-order valence-electron chi connectivity index (χ3n) is 3.42. The average Bonchev–Trinajstić information content (AvgIpc) is 2.88. The zero-order chi connectivity index (χ0) is 13.7. The van der Waals surface area contributed by atoms with Crippen LogP contribution in [0.15, 0.2) is 36.5 Å². The van der Waals surface area contributed by atoms with Crippen molar-refractivity contribution in [2.45, 2.75) is 19.5 Å². The van der Waals surface area contributed by atoms with Crippen LogP contribution in [0.5, 0.6) is 0 Å². The van der Waals surface area contributed by atoms with Gasteiger partial charge in [-0.05, 0) is 26.6 Å². The van der Waals surface area contributed by atoms with Gasteiger partial charge in [0, 0.05) is 24.7 Å². The van der Waals surface area contributed by atoms with Crippen LogP contribution in [0.3, 0.4) is 0 Å². The van der Waals surface area contributed by atoms with Gasteiger partial charge in [0.25, 0.3) is 0 Å². The molecule has 1 atom stereocenters. The maximum atomic E-state index is 4.16. The smallest absolute Gasteiger partial charge is 0.0695 e. The first-order chi connectivity index (χ1) is 9.18. The molecule has 0 aliphatic rings. The van der Waals surface area contributed by atoms with Crippen LogP contribution in [0, 0.1) is 0 Å². The molecule has 102 valence electrons. The van der Waals surface area contributed by atoms with E-state index in [-0.39, 0.29) is 0 Å². The van der Waals surface area contributed by atoms with Crippen LogP contribution < -0.4 is 5.32 Å². The van der Waals surface area contributed by atoms with Crippen LogP contribution in [-0.2, 0) is 6.54 Å². The summed E-state index contributed by atoms with van der Waals surface area (Å²) in [7, 11) is 4.19. The van der Waals surface area contributed by atoms with E-state index >= 15 is 0 Å². The number of nitrogens with one attached hydrogen (secondary N) is 2. The van der Waals surface area contributed by atoms with E-state index in [1.54, 1.807) is 0 Å². The maximum absolute atomic E-state index is 4.16. The largest absolute Gasteiger partial charge is 0.311 e. The van der Waals surface area contributed by atoms with Crippen LogP contribution in [0.1, 0.15) is 12.5 Å². The predicted molar refractivity (Wildman–Crippen MR) is 78.9 cm³/mol. The second-order valence-corrected chi connectivity index (χ2v) is 5.08. The number of likely N-dealkylation sites (N-methyl/N-ethyl adjacent to an activating group) is 1. The molecule has 0 saturated heterocycles. The van der Waals surface area contributed by atoms with Crippen molar-refractivity contribution in [1.29, 1.82) is 0 Å². The molecule has 1 heterocycles. The Balaban J connectivity index is 1.97. The standard InChI is InChI=1S/C15H22N4/c1-12(19(2)3)9-16-10-14-11-17-18-15(14)13-7-5-4-6-8-13/h4-8,11-12,16H,9-10H2,1-3H3,(H,17,18). The number of nitrogens with zero attached hydrogens (tertiary/aromatic N) is 2. The van der Waals surface area contributed by atoms with Crippen LogP contribution in [0.4, 0.5) is 0 Å². The van der Waals surface area contributed by atoms with Gasteiger partial charge in [-0.2, -0.15) is 5.10 Å². The van der Waals surface area contributed by atoms with Gasteiger partial charge >= 0.3 is 0 Å². The van der Waals surface area contributed by atoms with Crippen molar-refractivity contribution >= 4 is 0 Å². The fourth-order valence-electron chi connectivity index (χ4n) is 1.90. The van der Waals surface area contributed by atoms with E-state index in [0.717, 1.165) is 18.8 Å². The first-order valence-electron chi connectivity index (χ1n) is 6.63. The van der Waals surface area contributed by atoms with Crippen LogP contribution in [0.25, 0.3) is 11.3 Å². The van der Waals surface area contributed by atoms with Gasteiger partial charge in [-0.25, -0.2) is 0 Å². The number of aromatic amines is 1. The summed E-state index contributed by atoms with van der Waals surface area (Å²) in [5, 5.41) is 10.7. The molecule has 19 heavy (non-hydrogen) atoms. The molecule has 4 nitrogen and oxygen atoms in total. The first kappa shape index (κ1) is 13.8. The number of H-pyrrole nitrogens is 1. The van der Waals surface area contributed by atoms with Crippen molar-refractivity contribution < 1.29 is 0 Å². The van der Waals surface area contributed by atoms with Gasteiger partial charge in [0.2, 0.25) is 0 Å². The molecular formula is C15H22N4. The lowest BCUT2D eigenvalue weighted by atomic mass is 10.1.